The Hall–Kier alpha value is -0.0800. The zero-order chi connectivity index (χ0) is 5.86. The lowest BCUT2D eigenvalue weighted by molar-refractivity contribution is -0.175. The minimum Gasteiger partial charge on any atom is -0.153 e. The molecule has 0 aliphatic heterocycles. The first-order valence-electron chi connectivity index (χ1n) is 2.62. The van der Waals surface area contributed by atoms with E-state index in [9.17, 15) is 5.21 Å². The number of hydrogen-bond donors (Lipinski definition) is 0. The van der Waals surface area contributed by atoms with Crippen molar-refractivity contribution in [2.75, 3.05) is 6.54 Å². The third-order valence-electron chi connectivity index (χ3n) is 0.888. The highest BCUT2D eigenvalue weighted by molar-refractivity contribution is 4.44. The van der Waals surface area contributed by atoms with Gasteiger partial charge >= 0.3 is 0 Å². The van der Waals surface area contributed by atoms with E-state index in [1.807, 2.05) is 20.8 Å². The van der Waals surface area contributed by atoms with Crippen LogP contribution >= 0.6 is 0 Å². The maximum Gasteiger partial charge on any atom is 0.0326 e. The van der Waals surface area contributed by atoms with Crippen molar-refractivity contribution < 1.29 is 5.21 Å². The van der Waals surface area contributed by atoms with Crippen LogP contribution in [0.5, 0.6) is 0 Å². The second-order valence-corrected chi connectivity index (χ2v) is 1.83. The van der Waals surface area contributed by atoms with E-state index in [0.717, 1.165) is 5.06 Å². The summed E-state index contributed by atoms with van der Waals surface area (Å²) in [6.45, 7) is 6.22. The fraction of sp³-hybridized carbons (Fsp3) is 1.00. The SMILES string of the molecule is CCN([O])C(C)C. The minimum absolute atomic E-state index is 0.144. The van der Waals surface area contributed by atoms with Crippen molar-refractivity contribution in [2.45, 2.75) is 26.8 Å². The Morgan fingerprint density at radius 2 is 2.00 bits per heavy atom. The third kappa shape index (κ3) is 2.60. The lowest BCUT2D eigenvalue weighted by Gasteiger charge is -2.11. The van der Waals surface area contributed by atoms with Crippen LogP contribution in [0.25, 0.3) is 0 Å². The predicted molar refractivity (Wildman–Crippen MR) is 28.2 cm³/mol. The molecule has 0 aromatic rings. The molecule has 0 saturated carbocycles. The predicted octanol–water partition coefficient (Wildman–Crippen LogP) is 1.06. The fourth-order valence-electron chi connectivity index (χ4n) is 0.365. The van der Waals surface area contributed by atoms with Gasteiger partial charge in [-0.2, -0.15) is 5.06 Å². The lowest BCUT2D eigenvalue weighted by atomic mass is 10.4. The van der Waals surface area contributed by atoms with Crippen LogP contribution < -0.4 is 0 Å². The van der Waals surface area contributed by atoms with Crippen LogP contribution in [0.3, 0.4) is 0 Å². The van der Waals surface area contributed by atoms with Gasteiger partial charge in [-0.05, 0) is 20.8 Å². The first-order valence-corrected chi connectivity index (χ1v) is 2.62. The normalized spacial score (nSPS) is 11.1. The van der Waals surface area contributed by atoms with Gasteiger partial charge in [0.25, 0.3) is 0 Å². The number of nitrogens with zero attached hydrogens (tertiary/aromatic N) is 1. The average molecular weight is 102 g/mol. The van der Waals surface area contributed by atoms with Crippen molar-refractivity contribution in [3.05, 3.63) is 0 Å². The minimum atomic E-state index is 0.144. The molecular weight excluding hydrogens is 90.1 g/mol. The van der Waals surface area contributed by atoms with E-state index in [4.69, 9.17) is 0 Å². The molecule has 0 fully saturated rings. The first kappa shape index (κ1) is 6.92. The number of hydroxylamine groups is 2. The smallest absolute Gasteiger partial charge is 0.0326 e. The van der Waals surface area contributed by atoms with E-state index in [2.05, 4.69) is 0 Å². The zero-order valence-corrected chi connectivity index (χ0v) is 5.14. The molecule has 0 N–H and O–H groups in total. The van der Waals surface area contributed by atoms with Crippen LogP contribution in [-0.2, 0) is 5.21 Å². The zero-order valence-electron chi connectivity index (χ0n) is 5.14. The molecule has 0 amide bonds. The second kappa shape index (κ2) is 2.99. The van der Waals surface area contributed by atoms with E-state index in [1.165, 1.54) is 0 Å². The number of rotatable bonds is 2. The molecule has 0 aromatic heterocycles. The molecule has 0 atom stereocenters. The molecule has 0 saturated heterocycles. The monoisotopic (exact) mass is 102 g/mol. The molecule has 2 nitrogen and oxygen atoms in total. The molecule has 0 bridgehead atoms. The molecule has 2 heteroatoms. The van der Waals surface area contributed by atoms with Crippen molar-refractivity contribution in [1.82, 2.24) is 5.06 Å². The van der Waals surface area contributed by atoms with E-state index in [1.54, 1.807) is 0 Å². The van der Waals surface area contributed by atoms with Gasteiger partial charge in [-0.1, -0.05) is 0 Å². The van der Waals surface area contributed by atoms with E-state index in [0.29, 0.717) is 6.54 Å². The van der Waals surface area contributed by atoms with E-state index >= 15 is 0 Å². The highest BCUT2D eigenvalue weighted by atomic mass is 16.5. The molecule has 0 aliphatic rings. The Kier molecular flexibility index (Phi) is 2.96. The molecule has 0 heterocycles. The van der Waals surface area contributed by atoms with Crippen molar-refractivity contribution >= 4 is 0 Å². The standard InChI is InChI=1S/C5H12NO/c1-4-6(7)5(2)3/h5H,4H2,1-3H3. The largest absolute Gasteiger partial charge is 0.153 e. The van der Waals surface area contributed by atoms with Gasteiger partial charge < -0.3 is 0 Å². The summed E-state index contributed by atoms with van der Waals surface area (Å²) in [6.07, 6.45) is 0. The second-order valence-electron chi connectivity index (χ2n) is 1.83. The summed E-state index contributed by atoms with van der Waals surface area (Å²) in [5, 5.41) is 11.5. The van der Waals surface area contributed by atoms with E-state index in [-0.39, 0.29) is 6.04 Å². The van der Waals surface area contributed by atoms with Gasteiger partial charge in [-0.15, -0.1) is 5.21 Å². The summed E-state index contributed by atoms with van der Waals surface area (Å²) in [7, 11) is 0. The number of hydrogen-bond acceptors (Lipinski definition) is 1. The van der Waals surface area contributed by atoms with Gasteiger partial charge in [-0.25, -0.2) is 0 Å². The molecule has 0 spiro atoms. The van der Waals surface area contributed by atoms with Crippen molar-refractivity contribution in [3.8, 4) is 0 Å². The summed E-state index contributed by atoms with van der Waals surface area (Å²) in [5.41, 5.74) is 0. The summed E-state index contributed by atoms with van der Waals surface area (Å²) < 4.78 is 0. The quantitative estimate of drug-likeness (QED) is 0.478. The highest BCUT2D eigenvalue weighted by Crippen LogP contribution is 1.89. The molecule has 0 aliphatic carbocycles. The molecule has 43 valence electrons. The van der Waals surface area contributed by atoms with Crippen molar-refractivity contribution in [2.24, 2.45) is 0 Å². The Balaban J connectivity index is 3.14. The highest BCUT2D eigenvalue weighted by Gasteiger charge is 2.00. The third-order valence-corrected chi connectivity index (χ3v) is 0.888. The van der Waals surface area contributed by atoms with Gasteiger partial charge in [0.2, 0.25) is 0 Å². The Morgan fingerprint density at radius 1 is 1.57 bits per heavy atom. The maximum atomic E-state index is 10.4. The molecular formula is C5H12NO. The molecule has 0 aromatic carbocycles. The van der Waals surface area contributed by atoms with Crippen LogP contribution in [0, 0.1) is 0 Å². The van der Waals surface area contributed by atoms with Crippen LogP contribution in [0.2, 0.25) is 0 Å². The summed E-state index contributed by atoms with van der Waals surface area (Å²) in [5.74, 6) is 0. The van der Waals surface area contributed by atoms with Crippen molar-refractivity contribution in [3.63, 3.8) is 0 Å². The van der Waals surface area contributed by atoms with Crippen LogP contribution in [0.15, 0.2) is 0 Å². The van der Waals surface area contributed by atoms with E-state index < -0.39 is 0 Å². The molecule has 0 unspecified atom stereocenters. The Bertz CT molecular complexity index is 45.3. The van der Waals surface area contributed by atoms with Gasteiger partial charge in [0.15, 0.2) is 0 Å². The van der Waals surface area contributed by atoms with Crippen LogP contribution in [0.1, 0.15) is 20.8 Å². The van der Waals surface area contributed by atoms with Gasteiger partial charge in [-0.3, -0.25) is 0 Å². The summed E-state index contributed by atoms with van der Waals surface area (Å²) in [6, 6.07) is 0.144. The molecule has 7 heavy (non-hydrogen) atoms. The Morgan fingerprint density at radius 3 is 2.00 bits per heavy atom. The fourth-order valence-corrected chi connectivity index (χ4v) is 0.365. The summed E-state index contributed by atoms with van der Waals surface area (Å²) in [4.78, 5) is 0. The maximum absolute atomic E-state index is 10.4. The Labute approximate surface area is 44.7 Å². The van der Waals surface area contributed by atoms with Gasteiger partial charge in [0, 0.05) is 12.6 Å². The molecule has 1 radical (unpaired) electrons. The average Bonchev–Trinajstić information content (AvgIpc) is 1.65. The van der Waals surface area contributed by atoms with Gasteiger partial charge in [0.05, 0.1) is 0 Å². The topological polar surface area (TPSA) is 23.1 Å². The first-order chi connectivity index (χ1) is 3.18. The van der Waals surface area contributed by atoms with Crippen molar-refractivity contribution in [1.29, 1.82) is 0 Å². The lowest BCUT2D eigenvalue weighted by Crippen LogP contribution is -2.24. The summed E-state index contributed by atoms with van der Waals surface area (Å²) >= 11 is 0. The van der Waals surface area contributed by atoms with Crippen LogP contribution in [0.4, 0.5) is 0 Å². The molecule has 0 rings (SSSR count). The van der Waals surface area contributed by atoms with Crippen LogP contribution in [-0.4, -0.2) is 17.6 Å². The van der Waals surface area contributed by atoms with Gasteiger partial charge in [0.1, 0.15) is 0 Å².